The van der Waals surface area contributed by atoms with Crippen molar-refractivity contribution in [3.05, 3.63) is 24.3 Å². The molecule has 2 rings (SSSR count). The maximum atomic E-state index is 12.8. The molecule has 0 bridgehead atoms. The summed E-state index contributed by atoms with van der Waals surface area (Å²) in [6, 6.07) is 7.57. The molecule has 4 unspecified atom stereocenters. The van der Waals surface area contributed by atoms with Crippen molar-refractivity contribution in [2.24, 2.45) is 17.6 Å². The Morgan fingerprint density at radius 2 is 2.10 bits per heavy atom. The largest absolute Gasteiger partial charge is 0.497 e. The van der Waals surface area contributed by atoms with E-state index in [1.807, 2.05) is 24.3 Å². The maximum absolute atomic E-state index is 12.8. The van der Waals surface area contributed by atoms with E-state index in [1.54, 1.807) is 7.11 Å². The fourth-order valence-corrected chi connectivity index (χ4v) is 4.61. The number of hydrogen-bond acceptors (Lipinski definition) is 3. The molecule has 3 nitrogen and oxygen atoms in total. The van der Waals surface area contributed by atoms with Crippen LogP contribution in [0.15, 0.2) is 29.2 Å². The Bertz CT molecular complexity index is 475. The van der Waals surface area contributed by atoms with Crippen LogP contribution in [0, 0.1) is 11.8 Å². The molecule has 0 aliphatic heterocycles. The third kappa shape index (κ3) is 3.41. The third-order valence-corrected chi connectivity index (χ3v) is 6.19. The Kier molecular flexibility index (Phi) is 5.22. The van der Waals surface area contributed by atoms with Crippen molar-refractivity contribution in [2.75, 3.05) is 7.11 Å². The van der Waals surface area contributed by atoms with E-state index in [1.165, 1.54) is 0 Å². The molecule has 0 heterocycles. The summed E-state index contributed by atoms with van der Waals surface area (Å²) >= 11 is 0. The van der Waals surface area contributed by atoms with Crippen LogP contribution in [0.1, 0.15) is 33.1 Å². The second-order valence-electron chi connectivity index (χ2n) is 6.00. The number of nitrogens with two attached hydrogens (primary N) is 1. The van der Waals surface area contributed by atoms with Crippen LogP contribution < -0.4 is 10.5 Å². The van der Waals surface area contributed by atoms with Crippen LogP contribution in [-0.4, -0.2) is 22.6 Å². The van der Waals surface area contributed by atoms with Crippen molar-refractivity contribution in [1.82, 2.24) is 0 Å². The second-order valence-corrected chi connectivity index (χ2v) is 7.67. The minimum atomic E-state index is -1.05. The van der Waals surface area contributed by atoms with Gasteiger partial charge in [0.2, 0.25) is 0 Å². The first-order chi connectivity index (χ1) is 9.52. The Labute approximate surface area is 124 Å². The lowest BCUT2D eigenvalue weighted by atomic mass is 9.79. The van der Waals surface area contributed by atoms with Crippen LogP contribution in [0.3, 0.4) is 0 Å². The highest BCUT2D eigenvalue weighted by molar-refractivity contribution is 7.85. The SMILES string of the molecule is COc1cccc(S(=O)C2CC(C(C)C)CCC2N)c1. The molecule has 0 amide bonds. The molecule has 20 heavy (non-hydrogen) atoms. The molecule has 1 fully saturated rings. The van der Waals surface area contributed by atoms with Gasteiger partial charge in [-0.3, -0.25) is 4.21 Å². The van der Waals surface area contributed by atoms with Crippen LogP contribution in [0.5, 0.6) is 5.75 Å². The molecule has 2 N–H and O–H groups in total. The van der Waals surface area contributed by atoms with Gasteiger partial charge < -0.3 is 10.5 Å². The summed E-state index contributed by atoms with van der Waals surface area (Å²) in [5.41, 5.74) is 6.23. The molecule has 4 atom stereocenters. The monoisotopic (exact) mass is 295 g/mol. The Morgan fingerprint density at radius 3 is 2.75 bits per heavy atom. The third-order valence-electron chi connectivity index (χ3n) is 4.37. The maximum Gasteiger partial charge on any atom is 0.120 e. The first-order valence-corrected chi connectivity index (χ1v) is 8.54. The van der Waals surface area contributed by atoms with E-state index in [0.29, 0.717) is 11.8 Å². The molecule has 1 aromatic rings. The fourth-order valence-electron chi connectivity index (χ4n) is 2.94. The first-order valence-electron chi connectivity index (χ1n) is 7.33. The minimum absolute atomic E-state index is 0.0389. The standard InChI is InChI=1S/C16H25NO2S/c1-11(2)12-7-8-15(17)16(9-12)20(18)14-6-4-5-13(10-14)19-3/h4-6,10-12,15-16H,7-9,17H2,1-3H3. The molecule has 112 valence electrons. The Hall–Kier alpha value is -0.870. The molecular formula is C16H25NO2S. The summed E-state index contributed by atoms with van der Waals surface area (Å²) in [6.45, 7) is 4.49. The lowest BCUT2D eigenvalue weighted by Crippen LogP contribution is -2.43. The van der Waals surface area contributed by atoms with E-state index in [-0.39, 0.29) is 11.3 Å². The molecule has 0 spiro atoms. The molecule has 1 aliphatic carbocycles. The average molecular weight is 295 g/mol. The van der Waals surface area contributed by atoms with Crippen molar-refractivity contribution in [3.63, 3.8) is 0 Å². The van der Waals surface area contributed by atoms with Crippen LogP contribution in [0.4, 0.5) is 0 Å². The highest BCUT2D eigenvalue weighted by atomic mass is 32.2. The van der Waals surface area contributed by atoms with Gasteiger partial charge >= 0.3 is 0 Å². The quantitative estimate of drug-likeness (QED) is 0.929. The zero-order valence-electron chi connectivity index (χ0n) is 12.5. The van der Waals surface area contributed by atoms with Gasteiger partial charge in [-0.1, -0.05) is 19.9 Å². The molecule has 1 aromatic carbocycles. The van der Waals surface area contributed by atoms with Crippen LogP contribution >= 0.6 is 0 Å². The normalized spacial score (nSPS) is 28.4. The number of methoxy groups -OCH3 is 1. The lowest BCUT2D eigenvalue weighted by molar-refractivity contribution is 0.264. The number of ether oxygens (including phenoxy) is 1. The van der Waals surface area contributed by atoms with Crippen molar-refractivity contribution < 1.29 is 8.95 Å². The molecule has 0 saturated heterocycles. The zero-order valence-corrected chi connectivity index (χ0v) is 13.4. The van der Waals surface area contributed by atoms with Gasteiger partial charge in [-0.15, -0.1) is 0 Å². The topological polar surface area (TPSA) is 52.3 Å². The summed E-state index contributed by atoms with van der Waals surface area (Å²) < 4.78 is 18.0. The summed E-state index contributed by atoms with van der Waals surface area (Å²) in [5.74, 6) is 2.02. The second kappa shape index (κ2) is 6.72. The molecule has 0 radical (unpaired) electrons. The van der Waals surface area contributed by atoms with E-state index in [0.717, 1.165) is 29.9 Å². The zero-order chi connectivity index (χ0) is 14.7. The highest BCUT2D eigenvalue weighted by Gasteiger charge is 2.34. The summed E-state index contributed by atoms with van der Waals surface area (Å²) in [4.78, 5) is 0.828. The fraction of sp³-hybridized carbons (Fsp3) is 0.625. The predicted molar refractivity (Wildman–Crippen MR) is 83.3 cm³/mol. The van der Waals surface area contributed by atoms with Crippen molar-refractivity contribution in [3.8, 4) is 5.75 Å². The van der Waals surface area contributed by atoms with Gasteiger partial charge in [0, 0.05) is 10.9 Å². The Balaban J connectivity index is 2.17. The Morgan fingerprint density at radius 1 is 1.35 bits per heavy atom. The van der Waals surface area contributed by atoms with E-state index < -0.39 is 10.8 Å². The average Bonchev–Trinajstić information content (AvgIpc) is 2.46. The number of benzene rings is 1. The van der Waals surface area contributed by atoms with Crippen molar-refractivity contribution >= 4 is 10.8 Å². The molecule has 1 aliphatic rings. The van der Waals surface area contributed by atoms with Crippen molar-refractivity contribution in [1.29, 1.82) is 0 Å². The predicted octanol–water partition coefficient (Wildman–Crippen LogP) is 2.95. The molecular weight excluding hydrogens is 270 g/mol. The van der Waals surface area contributed by atoms with E-state index in [9.17, 15) is 4.21 Å². The highest BCUT2D eigenvalue weighted by Crippen LogP contribution is 2.34. The number of hydrogen-bond donors (Lipinski definition) is 1. The molecule has 4 heteroatoms. The van der Waals surface area contributed by atoms with E-state index in [2.05, 4.69) is 13.8 Å². The van der Waals surface area contributed by atoms with Gasteiger partial charge in [0.15, 0.2) is 0 Å². The minimum Gasteiger partial charge on any atom is -0.497 e. The smallest absolute Gasteiger partial charge is 0.120 e. The van der Waals surface area contributed by atoms with Crippen LogP contribution in [-0.2, 0) is 10.8 Å². The van der Waals surface area contributed by atoms with Gasteiger partial charge in [0.05, 0.1) is 23.2 Å². The number of rotatable bonds is 4. The summed E-state index contributed by atoms with van der Waals surface area (Å²) in [7, 11) is 0.574. The van der Waals surface area contributed by atoms with E-state index >= 15 is 0 Å². The van der Waals surface area contributed by atoms with Crippen molar-refractivity contribution in [2.45, 2.75) is 49.3 Å². The van der Waals surface area contributed by atoms with Gasteiger partial charge in [-0.2, -0.15) is 0 Å². The first kappa shape index (κ1) is 15.5. The lowest BCUT2D eigenvalue weighted by Gasteiger charge is -2.35. The van der Waals surface area contributed by atoms with Crippen LogP contribution in [0.2, 0.25) is 0 Å². The van der Waals surface area contributed by atoms with E-state index in [4.69, 9.17) is 10.5 Å². The molecule has 1 saturated carbocycles. The van der Waals surface area contributed by atoms with Gasteiger partial charge in [0.1, 0.15) is 5.75 Å². The van der Waals surface area contributed by atoms with Crippen LogP contribution in [0.25, 0.3) is 0 Å². The van der Waals surface area contributed by atoms with Gasteiger partial charge in [-0.25, -0.2) is 0 Å². The summed E-state index contributed by atoms with van der Waals surface area (Å²) in [6.07, 6.45) is 3.09. The van der Waals surface area contributed by atoms with Gasteiger partial charge in [0.25, 0.3) is 0 Å². The molecule has 0 aromatic heterocycles. The van der Waals surface area contributed by atoms with Gasteiger partial charge in [-0.05, 0) is 49.3 Å². The summed E-state index contributed by atoms with van der Waals surface area (Å²) in [5, 5.41) is 0.0586.